The van der Waals surface area contributed by atoms with E-state index in [1.165, 1.54) is 4.57 Å². The highest BCUT2D eigenvalue weighted by atomic mass is 35.5. The van der Waals surface area contributed by atoms with Gasteiger partial charge in [0.1, 0.15) is 43.3 Å². The van der Waals surface area contributed by atoms with Gasteiger partial charge in [0.05, 0.1) is 12.5 Å². The molecule has 0 saturated carbocycles. The van der Waals surface area contributed by atoms with Gasteiger partial charge in [-0.25, -0.2) is 9.55 Å². The van der Waals surface area contributed by atoms with Gasteiger partial charge in [0.25, 0.3) is 0 Å². The van der Waals surface area contributed by atoms with Crippen molar-refractivity contribution in [1.82, 2.24) is 9.55 Å². The first-order valence-corrected chi connectivity index (χ1v) is 7.83. The zero-order valence-electron chi connectivity index (χ0n) is 13.8. The van der Waals surface area contributed by atoms with E-state index in [1.807, 2.05) is 0 Å². The van der Waals surface area contributed by atoms with Crippen LogP contribution in [0.4, 0.5) is 5.82 Å². The number of alkyl halides is 1. The van der Waals surface area contributed by atoms with Crippen LogP contribution in [0.2, 0.25) is 0 Å². The summed E-state index contributed by atoms with van der Waals surface area (Å²) in [6.45, 7) is 0.962. The number of imidazole rings is 1. The number of hydrogen-bond donors (Lipinski definition) is 6. The Labute approximate surface area is 153 Å². The lowest BCUT2D eigenvalue weighted by Gasteiger charge is -2.22. The first-order valence-electron chi connectivity index (χ1n) is 7.29. The lowest BCUT2D eigenvalue weighted by Crippen LogP contribution is -2.46. The molecular weight excluding hydrogens is 378 g/mol. The van der Waals surface area contributed by atoms with Crippen LogP contribution in [0.5, 0.6) is 0 Å². The topological polar surface area (TPSA) is 199 Å². The smallest absolute Gasteiger partial charge is 0.342 e. The molecule has 6 N–H and O–H groups in total. The van der Waals surface area contributed by atoms with E-state index < -0.39 is 42.1 Å². The van der Waals surface area contributed by atoms with Crippen LogP contribution in [-0.4, -0.2) is 94.4 Å². The maximum absolute atomic E-state index is 10.5. The van der Waals surface area contributed by atoms with Crippen molar-refractivity contribution in [1.29, 1.82) is 0 Å². The van der Waals surface area contributed by atoms with Gasteiger partial charge in [-0.15, -0.1) is 11.6 Å². The molecule has 1 aromatic rings. The zero-order valence-corrected chi connectivity index (χ0v) is 14.5. The van der Waals surface area contributed by atoms with Crippen molar-refractivity contribution in [3.8, 4) is 0 Å². The third kappa shape index (κ3) is 7.29. The van der Waals surface area contributed by atoms with E-state index in [0.29, 0.717) is 5.82 Å². The Morgan fingerprint density at radius 3 is 2.31 bits per heavy atom. The fourth-order valence-electron chi connectivity index (χ4n) is 1.71. The van der Waals surface area contributed by atoms with Crippen molar-refractivity contribution in [2.24, 2.45) is 0 Å². The van der Waals surface area contributed by atoms with Gasteiger partial charge >= 0.3 is 5.82 Å². The van der Waals surface area contributed by atoms with E-state index in [4.69, 9.17) is 37.1 Å². The summed E-state index contributed by atoms with van der Waals surface area (Å²) >= 11 is 5.40. The molecule has 0 fully saturated rings. The van der Waals surface area contributed by atoms with Crippen molar-refractivity contribution >= 4 is 23.7 Å². The molecule has 0 amide bonds. The number of carbonyl (C=O) groups excluding carboxylic acids is 1. The molecule has 26 heavy (non-hydrogen) atoms. The Hall–Kier alpha value is -1.67. The van der Waals surface area contributed by atoms with Crippen LogP contribution in [0.1, 0.15) is 5.82 Å². The molecule has 0 aliphatic heterocycles. The Kier molecular flexibility index (Phi) is 11.1. The van der Waals surface area contributed by atoms with Gasteiger partial charge in [0.15, 0.2) is 12.1 Å². The Balaban J connectivity index is 0.000000488. The minimum atomic E-state index is -1.79. The van der Waals surface area contributed by atoms with E-state index in [1.54, 1.807) is 6.92 Å². The highest BCUT2D eigenvalue weighted by Crippen LogP contribution is 2.14. The molecule has 0 spiro atoms. The molecule has 150 valence electrons. The zero-order chi connectivity index (χ0) is 20.4. The quantitative estimate of drug-likeness (QED) is 0.110. The third-order valence-corrected chi connectivity index (χ3v) is 3.57. The van der Waals surface area contributed by atoms with Crippen LogP contribution in [0.15, 0.2) is 6.20 Å². The van der Waals surface area contributed by atoms with Gasteiger partial charge in [-0.1, -0.05) is 0 Å². The minimum Gasteiger partial charge on any atom is -0.394 e. The maximum Gasteiger partial charge on any atom is 0.342 e. The number of rotatable bonds is 9. The number of aryl methyl sites for hydroxylation is 1. The van der Waals surface area contributed by atoms with Crippen molar-refractivity contribution < 1.29 is 40.4 Å². The maximum atomic E-state index is 10.5. The molecule has 0 aliphatic rings. The number of nitro groups is 1. The first kappa shape index (κ1) is 24.3. The van der Waals surface area contributed by atoms with Crippen LogP contribution < -0.4 is 0 Å². The van der Waals surface area contributed by atoms with E-state index >= 15 is 0 Å². The second-order valence-electron chi connectivity index (χ2n) is 5.20. The van der Waals surface area contributed by atoms with Crippen LogP contribution in [0, 0.1) is 17.0 Å². The number of aliphatic hydroxyl groups is 6. The molecule has 13 heteroatoms. The number of nitrogens with zero attached hydrogens (tertiary/aromatic N) is 3. The summed E-state index contributed by atoms with van der Waals surface area (Å²) in [6, 6.07) is 0. The molecule has 12 nitrogen and oxygen atoms in total. The molecule has 5 atom stereocenters. The van der Waals surface area contributed by atoms with E-state index in [2.05, 4.69) is 4.98 Å². The predicted octanol–water partition coefficient (Wildman–Crippen LogP) is -2.68. The number of aldehydes is 1. The number of aliphatic hydroxyl groups excluding tert-OH is 6. The average molecular weight is 400 g/mol. The summed E-state index contributed by atoms with van der Waals surface area (Å²) < 4.78 is 1.33. The fraction of sp³-hybridized carbons (Fsp3) is 0.692. The molecule has 0 aliphatic carbocycles. The average Bonchev–Trinajstić information content (AvgIpc) is 3.00. The molecule has 0 radical (unpaired) electrons. The highest BCUT2D eigenvalue weighted by Gasteiger charge is 2.29. The van der Waals surface area contributed by atoms with Gasteiger partial charge in [0, 0.05) is 6.92 Å². The summed E-state index contributed by atoms with van der Waals surface area (Å²) in [5.74, 6) is 0.391. The van der Waals surface area contributed by atoms with E-state index in [9.17, 15) is 20.0 Å². The minimum absolute atomic E-state index is 0.0258. The summed E-state index contributed by atoms with van der Waals surface area (Å²) in [5.41, 5.74) is 0. The fourth-order valence-corrected chi connectivity index (χ4v) is 1.80. The number of hydrogen-bond acceptors (Lipinski definition) is 10. The summed E-state index contributed by atoms with van der Waals surface area (Å²) in [5, 5.41) is 63.3. The van der Waals surface area contributed by atoms with Crippen molar-refractivity contribution in [3.05, 3.63) is 22.1 Å². The van der Waals surface area contributed by atoms with Crippen molar-refractivity contribution in [2.75, 3.05) is 12.5 Å². The SMILES string of the molecule is Cc1ncc([N+](=O)[O-])n1CC(O)CCl.O=C[C@H](O)[C@@H](O)[C@H](O)[C@H](O)CO. The van der Waals surface area contributed by atoms with E-state index in [0.717, 1.165) is 6.20 Å². The number of halogens is 1. The largest absolute Gasteiger partial charge is 0.394 e. The lowest BCUT2D eigenvalue weighted by molar-refractivity contribution is -0.392. The molecular formula is C13H22ClN3O9. The Bertz CT molecular complexity index is 571. The lowest BCUT2D eigenvalue weighted by atomic mass is 10.0. The van der Waals surface area contributed by atoms with Crippen molar-refractivity contribution in [3.63, 3.8) is 0 Å². The predicted molar refractivity (Wildman–Crippen MR) is 87.5 cm³/mol. The molecule has 1 unspecified atom stereocenters. The standard InChI is InChI=1S/C7H10ClN3O3.C6H12O6/c1-5-9-3-7(11(13)14)10(5)4-6(12)2-8;7-1-3(9)5(11)6(12)4(10)2-8/h3,6,12H,2,4H2,1H3;1,3-6,8-12H,2H2/t;3-,4+,5+,6+/m.0/s1. The van der Waals surface area contributed by atoms with E-state index in [-0.39, 0.29) is 24.5 Å². The molecule has 1 aromatic heterocycles. The van der Waals surface area contributed by atoms with Crippen molar-refractivity contribution in [2.45, 2.75) is 44.0 Å². The van der Waals surface area contributed by atoms with Gasteiger partial charge in [-0.05, 0) is 4.92 Å². The Morgan fingerprint density at radius 2 is 1.88 bits per heavy atom. The normalized spacial score (nSPS) is 16.6. The van der Waals surface area contributed by atoms with Gasteiger partial charge in [-0.3, -0.25) is 0 Å². The van der Waals surface area contributed by atoms with Crippen LogP contribution in [0.25, 0.3) is 0 Å². The summed E-state index contributed by atoms with van der Waals surface area (Å²) in [7, 11) is 0. The van der Waals surface area contributed by atoms with Gasteiger partial charge < -0.3 is 45.5 Å². The molecule has 1 heterocycles. The molecule has 0 aromatic carbocycles. The van der Waals surface area contributed by atoms with Gasteiger partial charge in [-0.2, -0.15) is 0 Å². The summed E-state index contributed by atoms with van der Waals surface area (Å²) in [6.07, 6.45) is -6.48. The molecule has 1 rings (SSSR count). The third-order valence-electron chi connectivity index (χ3n) is 3.21. The number of aromatic nitrogens is 2. The number of carbonyl (C=O) groups is 1. The van der Waals surface area contributed by atoms with Crippen LogP contribution >= 0.6 is 11.6 Å². The highest BCUT2D eigenvalue weighted by molar-refractivity contribution is 6.18. The Morgan fingerprint density at radius 1 is 1.31 bits per heavy atom. The summed E-state index contributed by atoms with van der Waals surface area (Å²) in [4.78, 5) is 23.7. The van der Waals surface area contributed by atoms with Crippen LogP contribution in [0.3, 0.4) is 0 Å². The van der Waals surface area contributed by atoms with Crippen LogP contribution in [-0.2, 0) is 11.3 Å². The second-order valence-corrected chi connectivity index (χ2v) is 5.51. The first-order chi connectivity index (χ1) is 12.1. The van der Waals surface area contributed by atoms with Gasteiger partial charge in [0.2, 0.25) is 0 Å². The monoisotopic (exact) mass is 399 g/mol. The molecule has 0 bridgehead atoms. The second kappa shape index (κ2) is 11.9. The molecule has 0 saturated heterocycles.